The number of benzene rings is 3. The molecule has 2 aromatic heterocycles. The number of aromatic nitrogens is 5. The van der Waals surface area contributed by atoms with Gasteiger partial charge in [0, 0.05) is 28.9 Å². The zero-order chi connectivity index (χ0) is 24.2. The quantitative estimate of drug-likeness (QED) is 0.313. The molecule has 0 aliphatic rings. The largest absolute Gasteiger partial charge is 0.325 e. The van der Waals surface area contributed by atoms with E-state index in [1.807, 2.05) is 53.1 Å². The van der Waals surface area contributed by atoms with Gasteiger partial charge in [0.1, 0.15) is 5.82 Å². The summed E-state index contributed by atoms with van der Waals surface area (Å²) in [5.41, 5.74) is 2.51. The number of aromatic amines is 2. The number of H-pyrrole nitrogens is 2. The highest BCUT2D eigenvalue weighted by Gasteiger charge is 2.22. The normalized spacial score (nSPS) is 11.1. The van der Waals surface area contributed by atoms with E-state index in [2.05, 4.69) is 44.4 Å². The van der Waals surface area contributed by atoms with E-state index >= 15 is 0 Å². The summed E-state index contributed by atoms with van der Waals surface area (Å²) in [4.78, 5) is 28.5. The van der Waals surface area contributed by atoms with Gasteiger partial charge >= 0.3 is 5.69 Å². The van der Waals surface area contributed by atoms with Crippen LogP contribution in [0.25, 0.3) is 5.69 Å². The van der Waals surface area contributed by atoms with Crippen LogP contribution in [0.2, 0.25) is 5.02 Å². The summed E-state index contributed by atoms with van der Waals surface area (Å²) in [5.74, 6) is 0.580. The van der Waals surface area contributed by atoms with Crippen LogP contribution >= 0.6 is 23.4 Å². The fourth-order valence-corrected chi connectivity index (χ4v) is 5.14. The molecule has 5 rings (SSSR count). The molecule has 0 saturated heterocycles. The Bertz CT molecular complexity index is 1480. The first-order valence-electron chi connectivity index (χ1n) is 10.9. The highest BCUT2D eigenvalue weighted by molar-refractivity contribution is 7.99. The van der Waals surface area contributed by atoms with Crippen molar-refractivity contribution in [1.29, 1.82) is 0 Å². The maximum atomic E-state index is 11.8. The van der Waals surface area contributed by atoms with E-state index in [0.717, 1.165) is 16.8 Å². The molecule has 35 heavy (non-hydrogen) atoms. The second-order valence-electron chi connectivity index (χ2n) is 7.82. The molecule has 0 aliphatic heterocycles. The monoisotopic (exact) mass is 501 g/mol. The van der Waals surface area contributed by atoms with Crippen molar-refractivity contribution in [2.45, 2.75) is 16.8 Å². The van der Waals surface area contributed by atoms with Gasteiger partial charge in [-0.3, -0.25) is 14.3 Å². The molecule has 0 fully saturated rings. The summed E-state index contributed by atoms with van der Waals surface area (Å²) in [6.45, 7) is 0. The average molecular weight is 502 g/mol. The standard InChI is InChI=1S/C26H20ClN5O2S/c27-19-11-13-21(14-12-19)32-22(15-20-16-23(33)29-25(34)28-20)30-31-26(32)35-24(17-7-3-1-4-8-17)18-9-5-2-6-10-18/h1-14,16,24H,15H2,(H2,28,29,33,34). The Morgan fingerprint density at radius 1 is 0.829 bits per heavy atom. The lowest BCUT2D eigenvalue weighted by atomic mass is 10.0. The van der Waals surface area contributed by atoms with Crippen LogP contribution in [-0.2, 0) is 6.42 Å². The van der Waals surface area contributed by atoms with Crippen molar-refractivity contribution in [2.75, 3.05) is 0 Å². The van der Waals surface area contributed by atoms with Gasteiger partial charge in [-0.1, -0.05) is 84.0 Å². The molecule has 0 saturated carbocycles. The molecule has 9 heteroatoms. The van der Waals surface area contributed by atoms with Crippen LogP contribution in [0, 0.1) is 0 Å². The third-order valence-corrected chi connectivity index (χ3v) is 6.88. The highest BCUT2D eigenvalue weighted by Crippen LogP contribution is 2.40. The van der Waals surface area contributed by atoms with Gasteiger partial charge < -0.3 is 4.98 Å². The molecule has 0 radical (unpaired) electrons. The van der Waals surface area contributed by atoms with Crippen molar-refractivity contribution in [3.63, 3.8) is 0 Å². The maximum Gasteiger partial charge on any atom is 0.325 e. The summed E-state index contributed by atoms with van der Waals surface area (Å²) in [5, 5.41) is 10.2. The topological polar surface area (TPSA) is 96.4 Å². The van der Waals surface area contributed by atoms with Gasteiger partial charge in [0.25, 0.3) is 5.56 Å². The molecule has 0 spiro atoms. The highest BCUT2D eigenvalue weighted by atomic mass is 35.5. The molecule has 5 aromatic rings. The van der Waals surface area contributed by atoms with Gasteiger partial charge in [0.05, 0.1) is 5.25 Å². The number of rotatable bonds is 7. The average Bonchev–Trinajstić information content (AvgIpc) is 3.25. The molecule has 3 aromatic carbocycles. The van der Waals surface area contributed by atoms with Crippen LogP contribution in [0.1, 0.15) is 27.9 Å². The van der Waals surface area contributed by atoms with Crippen LogP contribution in [0.4, 0.5) is 0 Å². The number of hydrogen-bond acceptors (Lipinski definition) is 5. The van der Waals surface area contributed by atoms with Crippen molar-refractivity contribution in [3.05, 3.63) is 140 Å². The molecule has 2 heterocycles. The fraction of sp³-hybridized carbons (Fsp3) is 0.0769. The van der Waals surface area contributed by atoms with Crippen molar-refractivity contribution in [2.24, 2.45) is 0 Å². The van der Waals surface area contributed by atoms with Crippen LogP contribution in [0.15, 0.2) is 106 Å². The minimum absolute atomic E-state index is 0.0279. The fourth-order valence-electron chi connectivity index (χ4n) is 3.82. The third-order valence-electron chi connectivity index (χ3n) is 5.38. The van der Waals surface area contributed by atoms with Gasteiger partial charge in [-0.05, 0) is 35.4 Å². The van der Waals surface area contributed by atoms with Crippen molar-refractivity contribution >= 4 is 23.4 Å². The third kappa shape index (κ3) is 5.29. The van der Waals surface area contributed by atoms with Gasteiger partial charge in [-0.2, -0.15) is 0 Å². The van der Waals surface area contributed by atoms with E-state index in [1.54, 1.807) is 23.9 Å². The molecule has 7 nitrogen and oxygen atoms in total. The smallest absolute Gasteiger partial charge is 0.311 e. The summed E-state index contributed by atoms with van der Waals surface area (Å²) in [7, 11) is 0. The minimum Gasteiger partial charge on any atom is -0.311 e. The Balaban J connectivity index is 1.60. The van der Waals surface area contributed by atoms with Gasteiger partial charge in [-0.25, -0.2) is 4.79 Å². The second kappa shape index (κ2) is 10.2. The lowest BCUT2D eigenvalue weighted by Crippen LogP contribution is -2.23. The van der Waals surface area contributed by atoms with Crippen LogP contribution in [0.5, 0.6) is 0 Å². The molecule has 0 amide bonds. The minimum atomic E-state index is -0.562. The lowest BCUT2D eigenvalue weighted by Gasteiger charge is -2.18. The molecule has 2 N–H and O–H groups in total. The van der Waals surface area contributed by atoms with E-state index < -0.39 is 11.2 Å². The molecule has 174 valence electrons. The SMILES string of the molecule is O=c1cc(Cc2nnc(SC(c3ccccc3)c3ccccc3)n2-c2ccc(Cl)cc2)[nH]c(=O)[nH]1. The predicted molar refractivity (Wildman–Crippen MR) is 137 cm³/mol. The van der Waals surface area contributed by atoms with Gasteiger partial charge in [0.2, 0.25) is 0 Å². The van der Waals surface area contributed by atoms with E-state index in [9.17, 15) is 9.59 Å². The molecule has 0 bridgehead atoms. The molecule has 0 atom stereocenters. The summed E-state index contributed by atoms with van der Waals surface area (Å²) < 4.78 is 1.93. The Morgan fingerprint density at radius 3 is 2.06 bits per heavy atom. The number of halogens is 1. The number of nitrogens with zero attached hydrogens (tertiary/aromatic N) is 3. The van der Waals surface area contributed by atoms with Gasteiger partial charge in [0.15, 0.2) is 5.16 Å². The maximum absolute atomic E-state index is 11.8. The van der Waals surface area contributed by atoms with E-state index in [4.69, 9.17) is 11.6 Å². The first kappa shape index (κ1) is 22.9. The van der Waals surface area contributed by atoms with E-state index in [1.165, 1.54) is 6.07 Å². The zero-order valence-electron chi connectivity index (χ0n) is 18.4. The Labute approximate surface area is 209 Å². The van der Waals surface area contributed by atoms with Gasteiger partial charge in [-0.15, -0.1) is 10.2 Å². The van der Waals surface area contributed by atoms with Crippen molar-refractivity contribution in [1.82, 2.24) is 24.7 Å². The second-order valence-corrected chi connectivity index (χ2v) is 9.33. The predicted octanol–water partition coefficient (Wildman–Crippen LogP) is 4.77. The Kier molecular flexibility index (Phi) is 6.65. The first-order valence-corrected chi connectivity index (χ1v) is 12.1. The van der Waals surface area contributed by atoms with Crippen molar-refractivity contribution < 1.29 is 0 Å². The molecule has 0 unspecified atom stereocenters. The van der Waals surface area contributed by atoms with E-state index in [0.29, 0.717) is 21.7 Å². The zero-order valence-corrected chi connectivity index (χ0v) is 20.0. The summed E-state index contributed by atoms with van der Waals surface area (Å²) in [6.07, 6.45) is 0.219. The number of nitrogens with one attached hydrogen (secondary N) is 2. The number of hydrogen-bond donors (Lipinski definition) is 2. The molecular weight excluding hydrogens is 482 g/mol. The Morgan fingerprint density at radius 2 is 1.46 bits per heavy atom. The van der Waals surface area contributed by atoms with E-state index in [-0.39, 0.29) is 11.7 Å². The number of thioether (sulfide) groups is 1. The van der Waals surface area contributed by atoms with Crippen LogP contribution in [0.3, 0.4) is 0 Å². The van der Waals surface area contributed by atoms with Crippen molar-refractivity contribution in [3.8, 4) is 5.69 Å². The summed E-state index contributed by atoms with van der Waals surface area (Å²) in [6, 6.07) is 29.2. The van der Waals surface area contributed by atoms with Crippen LogP contribution in [-0.4, -0.2) is 24.7 Å². The first-order chi connectivity index (χ1) is 17.1. The molecule has 0 aliphatic carbocycles. The molecular formula is C26H20ClN5O2S. The summed E-state index contributed by atoms with van der Waals surface area (Å²) >= 11 is 7.71. The van der Waals surface area contributed by atoms with Crippen LogP contribution < -0.4 is 11.2 Å². The lowest BCUT2D eigenvalue weighted by molar-refractivity contribution is 0.827. The Hall–Kier alpha value is -3.88.